The van der Waals surface area contributed by atoms with Gasteiger partial charge in [0.1, 0.15) is 17.5 Å². The minimum absolute atomic E-state index is 0.00679. The number of carbonyl (C=O) groups is 1. The van der Waals surface area contributed by atoms with Crippen LogP contribution in [-0.2, 0) is 11.2 Å². The summed E-state index contributed by atoms with van der Waals surface area (Å²) in [5, 5.41) is 12.9. The molecule has 0 aromatic heterocycles. The van der Waals surface area contributed by atoms with Crippen molar-refractivity contribution in [3.8, 4) is 5.75 Å². The first kappa shape index (κ1) is 19.6. The number of alkyl carbamates (subject to hydrolysis) is 1. The highest BCUT2D eigenvalue weighted by Crippen LogP contribution is 2.36. The maximum atomic E-state index is 12.0. The van der Waals surface area contributed by atoms with Gasteiger partial charge in [-0.3, -0.25) is 0 Å². The Morgan fingerprint density at radius 1 is 1.36 bits per heavy atom. The van der Waals surface area contributed by atoms with Gasteiger partial charge in [0, 0.05) is 18.4 Å². The van der Waals surface area contributed by atoms with Crippen molar-refractivity contribution in [1.82, 2.24) is 5.32 Å². The number of hydrogen-bond acceptors (Lipinski definition) is 4. The van der Waals surface area contributed by atoms with Crippen LogP contribution in [0.25, 0.3) is 0 Å². The van der Waals surface area contributed by atoms with Crippen LogP contribution in [0.3, 0.4) is 0 Å². The Hall–Kier alpha value is -1.75. The molecule has 1 heterocycles. The van der Waals surface area contributed by atoms with Crippen LogP contribution < -0.4 is 10.1 Å². The predicted octanol–water partition coefficient (Wildman–Crippen LogP) is 3.68. The van der Waals surface area contributed by atoms with E-state index in [-0.39, 0.29) is 12.7 Å². The van der Waals surface area contributed by atoms with Gasteiger partial charge in [-0.05, 0) is 45.2 Å². The van der Waals surface area contributed by atoms with Crippen LogP contribution >= 0.6 is 0 Å². The molecule has 2 rings (SSSR count). The Labute approximate surface area is 150 Å². The van der Waals surface area contributed by atoms with Crippen molar-refractivity contribution >= 4 is 6.09 Å². The van der Waals surface area contributed by atoms with Crippen molar-refractivity contribution in [2.75, 3.05) is 13.2 Å². The van der Waals surface area contributed by atoms with Gasteiger partial charge in [-0.15, -0.1) is 0 Å². The second-order valence-corrected chi connectivity index (χ2v) is 8.02. The van der Waals surface area contributed by atoms with Gasteiger partial charge in [0.15, 0.2) is 0 Å². The standard InChI is InChI=1S/C20H31NO4/c1-5-10-20(14-22,13-21-18(23)25-19(2,3)4)12-16-11-15-8-6-7-9-17(15)24-16/h6-9,16,22H,5,10-14H2,1-4H3,(H,21,23). The molecule has 1 aromatic rings. The summed E-state index contributed by atoms with van der Waals surface area (Å²) in [5.74, 6) is 0.927. The molecule has 2 N–H and O–H groups in total. The second kappa shape index (κ2) is 8.09. The summed E-state index contributed by atoms with van der Waals surface area (Å²) >= 11 is 0. The third kappa shape index (κ3) is 5.63. The molecule has 25 heavy (non-hydrogen) atoms. The molecule has 1 aliphatic rings. The summed E-state index contributed by atoms with van der Waals surface area (Å²) < 4.78 is 11.4. The van der Waals surface area contributed by atoms with Crippen LogP contribution in [0.15, 0.2) is 24.3 Å². The number of rotatable bonds is 7. The summed E-state index contributed by atoms with van der Waals surface area (Å²) in [6, 6.07) is 8.04. The number of para-hydroxylation sites is 1. The molecule has 0 spiro atoms. The lowest BCUT2D eigenvalue weighted by atomic mass is 9.78. The Morgan fingerprint density at radius 3 is 2.68 bits per heavy atom. The van der Waals surface area contributed by atoms with Gasteiger partial charge in [-0.1, -0.05) is 31.5 Å². The van der Waals surface area contributed by atoms with E-state index in [9.17, 15) is 9.90 Å². The molecule has 0 aliphatic carbocycles. The maximum absolute atomic E-state index is 12.0. The zero-order chi connectivity index (χ0) is 18.5. The number of aliphatic hydroxyl groups is 1. The third-order valence-corrected chi connectivity index (χ3v) is 4.50. The topological polar surface area (TPSA) is 67.8 Å². The molecule has 5 heteroatoms. The van der Waals surface area contributed by atoms with E-state index in [0.717, 1.165) is 25.0 Å². The first-order valence-corrected chi connectivity index (χ1v) is 9.09. The molecule has 1 amide bonds. The zero-order valence-electron chi connectivity index (χ0n) is 15.8. The van der Waals surface area contributed by atoms with Crippen molar-refractivity contribution in [1.29, 1.82) is 0 Å². The van der Waals surface area contributed by atoms with Crippen LogP contribution in [0.1, 0.15) is 52.5 Å². The largest absolute Gasteiger partial charge is 0.490 e. The molecular weight excluding hydrogens is 318 g/mol. The first-order chi connectivity index (χ1) is 11.8. The summed E-state index contributed by atoms with van der Waals surface area (Å²) in [5.41, 5.74) is 0.265. The molecule has 2 atom stereocenters. The van der Waals surface area contributed by atoms with Crippen molar-refractivity contribution in [2.45, 2.75) is 65.1 Å². The van der Waals surface area contributed by atoms with Crippen molar-refractivity contribution in [2.24, 2.45) is 5.41 Å². The number of hydrogen-bond donors (Lipinski definition) is 2. The van der Waals surface area contributed by atoms with Crippen LogP contribution in [-0.4, -0.2) is 36.1 Å². The van der Waals surface area contributed by atoms with E-state index in [4.69, 9.17) is 9.47 Å². The van der Waals surface area contributed by atoms with Gasteiger partial charge in [0.2, 0.25) is 0 Å². The first-order valence-electron chi connectivity index (χ1n) is 9.09. The molecule has 140 valence electrons. The summed E-state index contributed by atoms with van der Waals surface area (Å²) in [6.45, 7) is 7.97. The summed E-state index contributed by atoms with van der Waals surface area (Å²) in [7, 11) is 0. The second-order valence-electron chi connectivity index (χ2n) is 8.02. The molecule has 2 unspecified atom stereocenters. The molecule has 0 saturated heterocycles. The summed E-state index contributed by atoms with van der Waals surface area (Å²) in [4.78, 5) is 12.0. The van der Waals surface area contributed by atoms with E-state index < -0.39 is 17.1 Å². The summed E-state index contributed by atoms with van der Waals surface area (Å²) in [6.07, 6.45) is 2.86. The molecule has 0 fully saturated rings. The molecule has 0 radical (unpaired) electrons. The molecular formula is C20H31NO4. The zero-order valence-corrected chi connectivity index (χ0v) is 15.8. The third-order valence-electron chi connectivity index (χ3n) is 4.50. The number of benzene rings is 1. The molecule has 5 nitrogen and oxygen atoms in total. The van der Waals surface area contributed by atoms with Crippen molar-refractivity contribution in [3.05, 3.63) is 29.8 Å². The molecule has 1 aliphatic heterocycles. The highest BCUT2D eigenvalue weighted by molar-refractivity contribution is 5.67. The maximum Gasteiger partial charge on any atom is 0.407 e. The van der Waals surface area contributed by atoms with E-state index >= 15 is 0 Å². The highest BCUT2D eigenvalue weighted by atomic mass is 16.6. The van der Waals surface area contributed by atoms with Gasteiger partial charge < -0.3 is 19.9 Å². The van der Waals surface area contributed by atoms with Gasteiger partial charge >= 0.3 is 6.09 Å². The Morgan fingerprint density at radius 2 is 2.08 bits per heavy atom. The normalized spacial score (nSPS) is 18.8. The van der Waals surface area contributed by atoms with Gasteiger partial charge in [-0.25, -0.2) is 4.79 Å². The van der Waals surface area contributed by atoms with Gasteiger partial charge in [0.05, 0.1) is 6.61 Å². The molecule has 0 bridgehead atoms. The van der Waals surface area contributed by atoms with Crippen LogP contribution in [0.5, 0.6) is 5.75 Å². The van der Waals surface area contributed by atoms with E-state index in [1.807, 2.05) is 39.0 Å². The minimum atomic E-state index is -0.535. The monoisotopic (exact) mass is 349 g/mol. The van der Waals surface area contributed by atoms with E-state index in [2.05, 4.69) is 18.3 Å². The molecule has 0 saturated carbocycles. The lowest BCUT2D eigenvalue weighted by Crippen LogP contribution is -2.44. The SMILES string of the molecule is CCCC(CO)(CNC(=O)OC(C)(C)C)CC1Cc2ccccc2O1. The number of fused-ring (bicyclic) bond motifs is 1. The minimum Gasteiger partial charge on any atom is -0.490 e. The van der Waals surface area contributed by atoms with Crippen LogP contribution in [0.2, 0.25) is 0 Å². The highest BCUT2D eigenvalue weighted by Gasteiger charge is 2.36. The number of amides is 1. The smallest absolute Gasteiger partial charge is 0.407 e. The van der Waals surface area contributed by atoms with Crippen LogP contribution in [0.4, 0.5) is 4.79 Å². The fraction of sp³-hybridized carbons (Fsp3) is 0.650. The number of carbonyl (C=O) groups excluding carboxylic acids is 1. The van der Waals surface area contributed by atoms with E-state index in [1.165, 1.54) is 5.56 Å². The number of aliphatic hydroxyl groups excluding tert-OH is 1. The fourth-order valence-electron chi connectivity index (χ4n) is 3.42. The number of nitrogens with one attached hydrogen (secondary N) is 1. The fourth-order valence-corrected chi connectivity index (χ4v) is 3.42. The quantitative estimate of drug-likeness (QED) is 0.788. The Balaban J connectivity index is 1.99. The number of ether oxygens (including phenoxy) is 2. The predicted molar refractivity (Wildman–Crippen MR) is 97.8 cm³/mol. The van der Waals surface area contributed by atoms with Gasteiger partial charge in [0.25, 0.3) is 0 Å². The van der Waals surface area contributed by atoms with Crippen molar-refractivity contribution < 1.29 is 19.4 Å². The average molecular weight is 349 g/mol. The average Bonchev–Trinajstić information content (AvgIpc) is 2.93. The van der Waals surface area contributed by atoms with E-state index in [1.54, 1.807) is 0 Å². The van der Waals surface area contributed by atoms with Crippen molar-refractivity contribution in [3.63, 3.8) is 0 Å². The Bertz CT molecular complexity index is 556. The van der Waals surface area contributed by atoms with Gasteiger partial charge in [-0.2, -0.15) is 0 Å². The Kier molecular flexibility index (Phi) is 6.33. The van der Waals surface area contributed by atoms with E-state index in [0.29, 0.717) is 13.0 Å². The molecule has 1 aromatic carbocycles. The lowest BCUT2D eigenvalue weighted by molar-refractivity contribution is 0.0360. The van der Waals surface area contributed by atoms with Crippen LogP contribution in [0, 0.1) is 5.41 Å². The lowest BCUT2D eigenvalue weighted by Gasteiger charge is -2.34.